The quantitative estimate of drug-likeness (QED) is 0.715. The first-order valence-corrected chi connectivity index (χ1v) is 10.8. The number of benzene rings is 2. The second-order valence-corrected chi connectivity index (χ2v) is 8.76. The Hall–Kier alpha value is -2.62. The van der Waals surface area contributed by atoms with Crippen molar-refractivity contribution in [1.29, 1.82) is 0 Å². The molecular weight excluding hydrogens is 394 g/mol. The first-order valence-electron chi connectivity index (χ1n) is 9.22. The normalized spacial score (nSPS) is 16.6. The molecule has 1 atom stereocenters. The summed E-state index contributed by atoms with van der Waals surface area (Å²) in [7, 11) is -2.01. The highest BCUT2D eigenvalue weighted by Gasteiger charge is 2.33. The molecule has 0 saturated carbocycles. The van der Waals surface area contributed by atoms with E-state index in [1.807, 2.05) is 42.5 Å². The van der Waals surface area contributed by atoms with Crippen LogP contribution < -0.4 is 15.2 Å². The third-order valence-electron chi connectivity index (χ3n) is 4.77. The average Bonchev–Trinajstić information content (AvgIpc) is 3.20. The maximum atomic E-state index is 12.4. The fourth-order valence-electron chi connectivity index (χ4n) is 3.13. The Morgan fingerprint density at radius 2 is 1.90 bits per heavy atom. The van der Waals surface area contributed by atoms with Crippen LogP contribution >= 0.6 is 0 Å². The van der Waals surface area contributed by atoms with E-state index >= 15 is 0 Å². The first kappa shape index (κ1) is 21.1. The van der Waals surface area contributed by atoms with Crippen molar-refractivity contribution in [3.63, 3.8) is 0 Å². The Bertz CT molecular complexity index is 947. The molecule has 1 unspecified atom stereocenters. The van der Waals surface area contributed by atoms with Gasteiger partial charge >= 0.3 is 6.03 Å². The molecule has 0 spiro atoms. The third kappa shape index (κ3) is 5.93. The smallest absolute Gasteiger partial charge is 0.321 e. The van der Waals surface area contributed by atoms with Gasteiger partial charge < -0.3 is 19.7 Å². The molecule has 2 amide bonds. The van der Waals surface area contributed by atoms with Gasteiger partial charge in [-0.25, -0.2) is 18.4 Å². The zero-order chi connectivity index (χ0) is 20.9. The van der Waals surface area contributed by atoms with Gasteiger partial charge in [0.15, 0.2) is 0 Å². The van der Waals surface area contributed by atoms with E-state index in [1.165, 1.54) is 4.90 Å². The second-order valence-electron chi connectivity index (χ2n) is 6.92. The summed E-state index contributed by atoms with van der Waals surface area (Å²) in [5, 5.41) is 7.27. The van der Waals surface area contributed by atoms with Crippen LogP contribution in [0.2, 0.25) is 0 Å². The van der Waals surface area contributed by atoms with Crippen LogP contribution in [-0.2, 0) is 28.0 Å². The number of hydrogen-bond donors (Lipinski definition) is 2. The van der Waals surface area contributed by atoms with Gasteiger partial charge in [-0.05, 0) is 41.8 Å². The lowest BCUT2D eigenvalue weighted by Gasteiger charge is -2.17. The molecule has 2 aromatic rings. The van der Waals surface area contributed by atoms with E-state index in [9.17, 15) is 13.2 Å². The molecule has 1 aliphatic rings. The van der Waals surface area contributed by atoms with Crippen molar-refractivity contribution in [3.05, 3.63) is 59.7 Å². The molecular formula is C20H25N3O5S. The fourth-order valence-corrected chi connectivity index (χ4v) is 3.95. The lowest BCUT2D eigenvalue weighted by molar-refractivity contribution is 0.107. The van der Waals surface area contributed by atoms with Crippen LogP contribution in [0.4, 0.5) is 10.5 Å². The summed E-state index contributed by atoms with van der Waals surface area (Å²) in [5.41, 5.74) is 2.58. The first-order chi connectivity index (χ1) is 13.8. The van der Waals surface area contributed by atoms with E-state index in [2.05, 4.69) is 5.32 Å². The average molecular weight is 420 g/mol. The number of likely N-dealkylation sites (tertiary alicyclic amines) is 1. The van der Waals surface area contributed by atoms with Crippen molar-refractivity contribution in [2.45, 2.75) is 24.9 Å². The predicted octanol–water partition coefficient (Wildman–Crippen LogP) is 2.31. The number of nitrogens with two attached hydrogens (primary N) is 1. The number of carbonyl (C=O) groups is 1. The highest BCUT2D eigenvalue weighted by Crippen LogP contribution is 2.18. The molecule has 1 aliphatic heterocycles. The number of hydrogen-bond acceptors (Lipinski definition) is 5. The molecule has 0 aliphatic carbocycles. The molecule has 2 aromatic carbocycles. The third-order valence-corrected chi connectivity index (χ3v) is 6.09. The van der Waals surface area contributed by atoms with Crippen LogP contribution in [0.15, 0.2) is 48.5 Å². The molecule has 0 aromatic heterocycles. The Morgan fingerprint density at radius 1 is 1.17 bits per heavy atom. The van der Waals surface area contributed by atoms with E-state index in [1.54, 1.807) is 13.2 Å². The monoisotopic (exact) mass is 419 g/mol. The molecule has 0 radical (unpaired) electrons. The zero-order valence-electron chi connectivity index (χ0n) is 16.2. The number of anilines is 1. The molecule has 3 rings (SSSR count). The minimum Gasteiger partial charge on any atom is -0.497 e. The van der Waals surface area contributed by atoms with Crippen LogP contribution in [0, 0.1) is 0 Å². The summed E-state index contributed by atoms with van der Waals surface area (Å²) in [6.45, 7) is 1.32. The molecule has 0 bridgehead atoms. The van der Waals surface area contributed by atoms with Crippen molar-refractivity contribution in [3.8, 4) is 5.75 Å². The number of ether oxygens (including phenoxy) is 2. The van der Waals surface area contributed by atoms with E-state index in [0.717, 1.165) is 16.9 Å². The van der Waals surface area contributed by atoms with Gasteiger partial charge in [0.05, 0.1) is 25.6 Å². The maximum absolute atomic E-state index is 12.4. The number of rotatable bonds is 7. The predicted molar refractivity (Wildman–Crippen MR) is 110 cm³/mol. The molecule has 1 heterocycles. The lowest BCUT2D eigenvalue weighted by Crippen LogP contribution is -2.36. The fraction of sp³-hybridized carbons (Fsp3) is 0.350. The van der Waals surface area contributed by atoms with Crippen molar-refractivity contribution < 1.29 is 22.7 Å². The van der Waals surface area contributed by atoms with Crippen LogP contribution in [0.1, 0.15) is 17.5 Å². The van der Waals surface area contributed by atoms with Crippen LogP contribution in [-0.4, -0.2) is 44.8 Å². The molecule has 156 valence electrons. The number of primary sulfonamides is 1. The van der Waals surface area contributed by atoms with Gasteiger partial charge in [0.25, 0.3) is 0 Å². The number of methoxy groups -OCH3 is 1. The number of amides is 2. The van der Waals surface area contributed by atoms with E-state index in [0.29, 0.717) is 31.9 Å². The number of nitrogens with one attached hydrogen (secondary N) is 1. The summed E-state index contributed by atoms with van der Waals surface area (Å²) < 4.78 is 33.8. The summed E-state index contributed by atoms with van der Waals surface area (Å²) in [6, 6.07) is 14.7. The second kappa shape index (κ2) is 9.25. The minimum absolute atomic E-state index is 0.106. The van der Waals surface area contributed by atoms with Crippen molar-refractivity contribution in [2.24, 2.45) is 5.14 Å². The highest BCUT2D eigenvalue weighted by molar-refractivity contribution is 7.89. The van der Waals surface area contributed by atoms with Gasteiger partial charge in [-0.2, -0.15) is 0 Å². The number of sulfonamides is 1. The Morgan fingerprint density at radius 3 is 2.55 bits per heavy atom. The van der Waals surface area contributed by atoms with Gasteiger partial charge in [-0.15, -0.1) is 0 Å². The topological polar surface area (TPSA) is 111 Å². The summed E-state index contributed by atoms with van der Waals surface area (Å²) in [5.74, 6) is 0.797. The minimum atomic E-state index is -3.63. The van der Waals surface area contributed by atoms with Gasteiger partial charge in [0.2, 0.25) is 10.0 Å². The van der Waals surface area contributed by atoms with Crippen LogP contribution in [0.25, 0.3) is 0 Å². The standard InChI is InChI=1S/C20H25N3O5S/c1-27-18-7-5-15(6-8-18)13-28-14-16-3-2-4-17(11-16)22-20(24)23-10-9-19(12-23)29(21,25)26/h2-8,11,19H,9-10,12-14H2,1H3,(H,22,24)(H2,21,25,26). The largest absolute Gasteiger partial charge is 0.497 e. The van der Waals surface area contributed by atoms with Gasteiger partial charge in [0, 0.05) is 18.8 Å². The van der Waals surface area contributed by atoms with Crippen LogP contribution in [0.5, 0.6) is 5.75 Å². The number of urea groups is 1. The lowest BCUT2D eigenvalue weighted by atomic mass is 10.2. The summed E-state index contributed by atoms with van der Waals surface area (Å²) in [6.07, 6.45) is 0.353. The molecule has 9 heteroatoms. The molecule has 8 nitrogen and oxygen atoms in total. The SMILES string of the molecule is COc1ccc(COCc2cccc(NC(=O)N3CCC(S(N)(=O)=O)C3)c2)cc1. The maximum Gasteiger partial charge on any atom is 0.321 e. The van der Waals surface area contributed by atoms with E-state index in [4.69, 9.17) is 14.6 Å². The van der Waals surface area contributed by atoms with Crippen LogP contribution in [0.3, 0.4) is 0 Å². The molecule has 1 saturated heterocycles. The van der Waals surface area contributed by atoms with Crippen molar-refractivity contribution in [1.82, 2.24) is 4.90 Å². The van der Waals surface area contributed by atoms with E-state index < -0.39 is 15.3 Å². The van der Waals surface area contributed by atoms with Crippen molar-refractivity contribution >= 4 is 21.7 Å². The molecule has 3 N–H and O–H groups in total. The molecule has 29 heavy (non-hydrogen) atoms. The number of carbonyl (C=O) groups excluding carboxylic acids is 1. The Balaban J connectivity index is 1.50. The Kier molecular flexibility index (Phi) is 6.73. The van der Waals surface area contributed by atoms with Gasteiger partial charge in [-0.1, -0.05) is 24.3 Å². The van der Waals surface area contributed by atoms with Crippen molar-refractivity contribution in [2.75, 3.05) is 25.5 Å². The van der Waals surface area contributed by atoms with E-state index in [-0.39, 0.29) is 12.6 Å². The highest BCUT2D eigenvalue weighted by atomic mass is 32.2. The Labute approximate surface area is 170 Å². The molecule has 1 fully saturated rings. The van der Waals surface area contributed by atoms with Gasteiger partial charge in [0.1, 0.15) is 5.75 Å². The zero-order valence-corrected chi connectivity index (χ0v) is 17.0. The summed E-state index contributed by atoms with van der Waals surface area (Å²) >= 11 is 0. The number of nitrogens with zero attached hydrogens (tertiary/aromatic N) is 1. The van der Waals surface area contributed by atoms with Gasteiger partial charge in [-0.3, -0.25) is 0 Å². The summed E-state index contributed by atoms with van der Waals surface area (Å²) in [4.78, 5) is 13.8.